The molecule has 3 nitrogen and oxygen atoms in total. The van der Waals surface area contributed by atoms with Crippen molar-refractivity contribution in [2.75, 3.05) is 19.8 Å². The lowest BCUT2D eigenvalue weighted by Gasteiger charge is -2.16. The van der Waals surface area contributed by atoms with Crippen LogP contribution in [0, 0.1) is 0 Å². The first-order valence-corrected chi connectivity index (χ1v) is 6.43. The first kappa shape index (κ1) is 12.7. The Bertz CT molecular complexity index is 156. The molecular formula is C8H16Cl2O3Si. The van der Waals surface area contributed by atoms with Gasteiger partial charge in [0.05, 0.1) is 19.3 Å². The maximum absolute atomic E-state index is 5.72. The molecule has 2 unspecified atom stereocenters. The van der Waals surface area contributed by atoms with Crippen LogP contribution in [-0.2, 0) is 13.9 Å². The van der Waals surface area contributed by atoms with Crippen LogP contribution in [0.15, 0.2) is 0 Å². The highest BCUT2D eigenvalue weighted by molar-refractivity contribution is 6.44. The van der Waals surface area contributed by atoms with Crippen molar-refractivity contribution in [1.29, 1.82) is 0 Å². The third-order valence-corrected chi connectivity index (χ3v) is 3.23. The molecule has 84 valence electrons. The molecule has 14 heavy (non-hydrogen) atoms. The van der Waals surface area contributed by atoms with Crippen molar-refractivity contribution in [1.82, 2.24) is 0 Å². The molecule has 0 aliphatic carbocycles. The second-order valence-corrected chi connectivity index (χ2v) is 4.92. The standard InChI is InChI=1S/C8H16Cl2O3Si/c9-8(10)7(13-14)2-1-3-11-4-6-5-12-6/h6-8H,1-5H2,14H3. The molecule has 0 amide bonds. The largest absolute Gasteiger partial charge is 0.422 e. The van der Waals surface area contributed by atoms with E-state index in [9.17, 15) is 0 Å². The van der Waals surface area contributed by atoms with E-state index in [-0.39, 0.29) is 6.10 Å². The smallest absolute Gasteiger partial charge is 0.146 e. The molecule has 0 bridgehead atoms. The Hall–Kier alpha value is 0.677. The highest BCUT2D eigenvalue weighted by atomic mass is 35.5. The van der Waals surface area contributed by atoms with E-state index >= 15 is 0 Å². The minimum Gasteiger partial charge on any atom is -0.422 e. The molecule has 0 N–H and O–H groups in total. The molecule has 0 spiro atoms. The summed E-state index contributed by atoms with van der Waals surface area (Å²) >= 11 is 11.4. The molecule has 0 saturated carbocycles. The quantitative estimate of drug-likeness (QED) is 0.277. The Balaban J connectivity index is 1.89. The summed E-state index contributed by atoms with van der Waals surface area (Å²) in [5.74, 6) is 0. The fourth-order valence-electron chi connectivity index (χ4n) is 1.11. The summed E-state index contributed by atoms with van der Waals surface area (Å²) in [4.78, 5) is -0.431. The molecule has 1 aliphatic rings. The Labute approximate surface area is 97.5 Å². The zero-order valence-electron chi connectivity index (χ0n) is 8.25. The number of hydrogen-bond acceptors (Lipinski definition) is 3. The lowest BCUT2D eigenvalue weighted by Crippen LogP contribution is -2.20. The molecule has 1 fully saturated rings. The van der Waals surface area contributed by atoms with E-state index in [1.165, 1.54) is 0 Å². The van der Waals surface area contributed by atoms with Crippen LogP contribution in [0.4, 0.5) is 0 Å². The van der Waals surface area contributed by atoms with Crippen molar-refractivity contribution in [3.05, 3.63) is 0 Å². The van der Waals surface area contributed by atoms with Gasteiger partial charge in [-0.3, -0.25) is 0 Å². The maximum atomic E-state index is 5.72. The van der Waals surface area contributed by atoms with Gasteiger partial charge >= 0.3 is 0 Å². The van der Waals surface area contributed by atoms with Gasteiger partial charge in [-0.15, -0.1) is 23.2 Å². The molecule has 1 aliphatic heterocycles. The summed E-state index contributed by atoms with van der Waals surface area (Å²) in [5, 5.41) is 0. The Morgan fingerprint density at radius 1 is 1.50 bits per heavy atom. The summed E-state index contributed by atoms with van der Waals surface area (Å²) in [6, 6.07) is 0. The van der Waals surface area contributed by atoms with Crippen LogP contribution >= 0.6 is 23.2 Å². The molecule has 0 aromatic rings. The van der Waals surface area contributed by atoms with Gasteiger partial charge in [-0.2, -0.15) is 0 Å². The molecule has 6 heteroatoms. The van der Waals surface area contributed by atoms with E-state index in [4.69, 9.17) is 37.1 Å². The fourth-order valence-corrected chi connectivity index (χ4v) is 2.42. The van der Waals surface area contributed by atoms with E-state index in [1.807, 2.05) is 0 Å². The lowest BCUT2D eigenvalue weighted by molar-refractivity contribution is 0.104. The number of alkyl halides is 2. The van der Waals surface area contributed by atoms with Gasteiger partial charge < -0.3 is 13.9 Å². The zero-order valence-corrected chi connectivity index (χ0v) is 11.8. The van der Waals surface area contributed by atoms with Gasteiger partial charge in [0.25, 0.3) is 0 Å². The molecule has 1 saturated heterocycles. The fraction of sp³-hybridized carbons (Fsp3) is 1.00. The van der Waals surface area contributed by atoms with Crippen molar-refractivity contribution in [2.45, 2.75) is 29.9 Å². The number of epoxide rings is 1. The molecule has 0 aromatic carbocycles. The summed E-state index contributed by atoms with van der Waals surface area (Å²) < 4.78 is 15.6. The average molecular weight is 259 g/mol. The predicted molar refractivity (Wildman–Crippen MR) is 60.1 cm³/mol. The van der Waals surface area contributed by atoms with Crippen LogP contribution in [0.1, 0.15) is 12.8 Å². The van der Waals surface area contributed by atoms with Crippen molar-refractivity contribution in [3.63, 3.8) is 0 Å². The molecule has 2 atom stereocenters. The Kier molecular flexibility index (Phi) is 6.40. The van der Waals surface area contributed by atoms with Crippen LogP contribution < -0.4 is 0 Å². The minimum absolute atomic E-state index is 0.0363. The number of hydrogen-bond donors (Lipinski definition) is 0. The lowest BCUT2D eigenvalue weighted by atomic mass is 10.2. The van der Waals surface area contributed by atoms with E-state index in [0.29, 0.717) is 23.2 Å². The third-order valence-electron chi connectivity index (χ3n) is 2.07. The maximum Gasteiger partial charge on any atom is 0.146 e. The Morgan fingerprint density at radius 2 is 2.21 bits per heavy atom. The summed E-state index contributed by atoms with van der Waals surface area (Å²) in [7, 11) is 0.667. The van der Waals surface area contributed by atoms with Gasteiger partial charge in [-0.1, -0.05) is 0 Å². The number of ether oxygens (including phenoxy) is 2. The SMILES string of the molecule is [SiH3]OC(CCCOCC1CO1)C(Cl)Cl. The van der Waals surface area contributed by atoms with Crippen LogP contribution in [0.5, 0.6) is 0 Å². The van der Waals surface area contributed by atoms with Gasteiger partial charge in [0.1, 0.15) is 21.4 Å². The highest BCUT2D eigenvalue weighted by Gasteiger charge is 2.22. The summed E-state index contributed by atoms with van der Waals surface area (Å²) in [6.07, 6.45) is 2.09. The van der Waals surface area contributed by atoms with Crippen LogP contribution in [0.3, 0.4) is 0 Å². The van der Waals surface area contributed by atoms with Crippen molar-refractivity contribution >= 4 is 33.7 Å². The van der Waals surface area contributed by atoms with Crippen molar-refractivity contribution in [3.8, 4) is 0 Å². The van der Waals surface area contributed by atoms with E-state index in [0.717, 1.165) is 26.1 Å². The van der Waals surface area contributed by atoms with Crippen LogP contribution in [-0.4, -0.2) is 47.4 Å². The molecule has 0 aromatic heterocycles. The van der Waals surface area contributed by atoms with Crippen LogP contribution in [0.25, 0.3) is 0 Å². The Morgan fingerprint density at radius 3 is 2.71 bits per heavy atom. The van der Waals surface area contributed by atoms with E-state index < -0.39 is 4.84 Å². The highest BCUT2D eigenvalue weighted by Crippen LogP contribution is 2.16. The van der Waals surface area contributed by atoms with Crippen molar-refractivity contribution < 1.29 is 13.9 Å². The van der Waals surface area contributed by atoms with E-state index in [1.54, 1.807) is 0 Å². The average Bonchev–Trinajstić information content (AvgIpc) is 2.94. The van der Waals surface area contributed by atoms with Crippen molar-refractivity contribution in [2.24, 2.45) is 0 Å². The van der Waals surface area contributed by atoms with Crippen LogP contribution in [0.2, 0.25) is 0 Å². The number of rotatable bonds is 8. The normalized spacial score (nSPS) is 22.9. The van der Waals surface area contributed by atoms with E-state index in [2.05, 4.69) is 0 Å². The van der Waals surface area contributed by atoms with Gasteiger partial charge in [0.15, 0.2) is 0 Å². The second-order valence-electron chi connectivity index (χ2n) is 3.28. The third kappa shape index (κ3) is 5.53. The first-order chi connectivity index (χ1) is 6.74. The predicted octanol–water partition coefficient (Wildman–Crippen LogP) is 0.651. The second kappa shape index (κ2) is 7.03. The summed E-state index contributed by atoms with van der Waals surface area (Å²) in [5.41, 5.74) is 0. The topological polar surface area (TPSA) is 31.0 Å². The molecule has 1 rings (SSSR count). The molecule has 0 radical (unpaired) electrons. The van der Waals surface area contributed by atoms with Gasteiger partial charge in [0, 0.05) is 6.61 Å². The molecular weight excluding hydrogens is 243 g/mol. The zero-order chi connectivity index (χ0) is 10.4. The van der Waals surface area contributed by atoms with Gasteiger partial charge in [-0.05, 0) is 12.8 Å². The molecule has 1 heterocycles. The van der Waals surface area contributed by atoms with Gasteiger partial charge in [-0.25, -0.2) is 0 Å². The first-order valence-electron chi connectivity index (χ1n) is 4.74. The van der Waals surface area contributed by atoms with Gasteiger partial charge in [0.2, 0.25) is 0 Å². The summed E-state index contributed by atoms with van der Waals surface area (Å²) in [6.45, 7) is 2.27. The minimum atomic E-state index is -0.431. The monoisotopic (exact) mass is 258 g/mol. The number of halogens is 2.